The normalized spacial score (nSPS) is 12.4. The molecule has 0 unspecified atom stereocenters. The third kappa shape index (κ3) is 2.24. The maximum absolute atomic E-state index is 13.0. The maximum Gasteiger partial charge on any atom is 0.417 e. The van der Waals surface area contributed by atoms with Crippen LogP contribution in [0.5, 0.6) is 0 Å². The molecule has 2 nitrogen and oxygen atoms in total. The summed E-state index contributed by atoms with van der Waals surface area (Å²) in [5.74, 6) is -3.46. The van der Waals surface area contributed by atoms with Gasteiger partial charge in [-0.3, -0.25) is 0 Å². The molecule has 0 saturated heterocycles. The van der Waals surface area contributed by atoms with Gasteiger partial charge in [-0.25, -0.2) is 8.78 Å². The molecule has 0 aliphatic heterocycles. The molecule has 8 heteroatoms. The first-order valence-electron chi connectivity index (χ1n) is 3.71. The van der Waals surface area contributed by atoms with E-state index in [1.165, 1.54) is 0 Å². The van der Waals surface area contributed by atoms with Gasteiger partial charge in [0.2, 0.25) is 0 Å². The molecule has 0 aliphatic carbocycles. The lowest BCUT2D eigenvalue weighted by atomic mass is 10.1. The van der Waals surface area contributed by atoms with Crippen molar-refractivity contribution >= 4 is 17.8 Å². The zero-order valence-corrected chi connectivity index (χ0v) is 8.07. The molecule has 1 N–H and O–H groups in total. The van der Waals surface area contributed by atoms with Crippen molar-refractivity contribution in [2.24, 2.45) is 5.16 Å². The van der Waals surface area contributed by atoms with Crippen LogP contribution in [-0.2, 0) is 6.18 Å². The lowest BCUT2D eigenvalue weighted by Gasteiger charge is -2.11. The minimum Gasteiger partial charge on any atom is -0.411 e. The highest BCUT2D eigenvalue weighted by molar-refractivity contribution is 6.31. The smallest absolute Gasteiger partial charge is 0.411 e. The summed E-state index contributed by atoms with van der Waals surface area (Å²) in [6.07, 6.45) is -4.59. The molecule has 1 aromatic carbocycles. The van der Waals surface area contributed by atoms with E-state index in [1.807, 2.05) is 0 Å². The van der Waals surface area contributed by atoms with Gasteiger partial charge in [-0.1, -0.05) is 16.8 Å². The summed E-state index contributed by atoms with van der Waals surface area (Å²) in [5, 5.41) is 9.02. The Morgan fingerprint density at radius 2 is 1.81 bits per heavy atom. The first-order valence-corrected chi connectivity index (χ1v) is 4.09. The number of nitrogens with zero attached hydrogens (tertiary/aromatic N) is 1. The van der Waals surface area contributed by atoms with Gasteiger partial charge in [0, 0.05) is 5.56 Å². The van der Waals surface area contributed by atoms with Crippen LogP contribution >= 0.6 is 11.6 Å². The maximum atomic E-state index is 13.0. The summed E-state index contributed by atoms with van der Waals surface area (Å²) < 4.78 is 62.8. The Balaban J connectivity index is 3.54. The van der Waals surface area contributed by atoms with E-state index in [4.69, 9.17) is 16.8 Å². The SMILES string of the molecule is ON=Cc1cc(C(F)(F)F)c(Cl)c(F)c1F. The van der Waals surface area contributed by atoms with Crippen molar-refractivity contribution in [2.75, 3.05) is 0 Å². The predicted octanol–water partition coefficient (Wildman–Crippen LogP) is 3.45. The first kappa shape index (κ1) is 12.7. The van der Waals surface area contributed by atoms with Crippen molar-refractivity contribution in [3.05, 3.63) is 33.9 Å². The van der Waals surface area contributed by atoms with Crippen LogP contribution in [0.15, 0.2) is 11.2 Å². The van der Waals surface area contributed by atoms with Crippen LogP contribution in [0, 0.1) is 11.6 Å². The molecule has 1 rings (SSSR count). The molecule has 0 aromatic heterocycles. The van der Waals surface area contributed by atoms with Gasteiger partial charge in [-0.05, 0) is 6.07 Å². The van der Waals surface area contributed by atoms with Crippen LogP contribution in [0.1, 0.15) is 11.1 Å². The number of halogens is 6. The fourth-order valence-corrected chi connectivity index (χ4v) is 1.23. The van der Waals surface area contributed by atoms with E-state index in [0.29, 0.717) is 6.21 Å². The minimum atomic E-state index is -4.93. The highest BCUT2D eigenvalue weighted by Crippen LogP contribution is 2.37. The standard InChI is InChI=1S/C8H3ClF5NO/c9-5-4(8(12,13)14)1-3(2-15-16)6(10)7(5)11/h1-2,16H. The Bertz CT molecular complexity index is 443. The molecule has 0 radical (unpaired) electrons. The highest BCUT2D eigenvalue weighted by Gasteiger charge is 2.36. The van der Waals surface area contributed by atoms with Gasteiger partial charge in [0.25, 0.3) is 0 Å². The van der Waals surface area contributed by atoms with Crippen molar-refractivity contribution in [2.45, 2.75) is 6.18 Å². The second-order valence-electron chi connectivity index (χ2n) is 2.70. The average molecular weight is 260 g/mol. The number of rotatable bonds is 1. The monoisotopic (exact) mass is 259 g/mol. The van der Waals surface area contributed by atoms with E-state index < -0.39 is 34.0 Å². The van der Waals surface area contributed by atoms with Crippen LogP contribution in [0.25, 0.3) is 0 Å². The molecule has 0 aliphatic rings. The number of oxime groups is 1. The van der Waals surface area contributed by atoms with E-state index in [-0.39, 0.29) is 6.07 Å². The summed E-state index contributed by atoms with van der Waals surface area (Å²) >= 11 is 5.01. The van der Waals surface area contributed by atoms with Crippen LogP contribution in [-0.4, -0.2) is 11.4 Å². The molecule has 0 fully saturated rings. The zero-order chi connectivity index (χ0) is 12.5. The lowest BCUT2D eigenvalue weighted by Crippen LogP contribution is -2.10. The Kier molecular flexibility index (Phi) is 3.37. The summed E-state index contributed by atoms with van der Waals surface area (Å²) in [4.78, 5) is 0. The van der Waals surface area contributed by atoms with Gasteiger partial charge < -0.3 is 5.21 Å². The van der Waals surface area contributed by atoms with Crippen molar-refractivity contribution in [1.29, 1.82) is 0 Å². The first-order chi connectivity index (χ1) is 7.29. The lowest BCUT2D eigenvalue weighted by molar-refractivity contribution is -0.137. The van der Waals surface area contributed by atoms with Gasteiger partial charge in [0.05, 0.1) is 16.8 Å². The molecule has 0 atom stereocenters. The quantitative estimate of drug-likeness (QED) is 0.271. The van der Waals surface area contributed by atoms with Crippen molar-refractivity contribution in [3.63, 3.8) is 0 Å². The highest BCUT2D eigenvalue weighted by atomic mass is 35.5. The van der Waals surface area contributed by atoms with Crippen LogP contribution in [0.4, 0.5) is 22.0 Å². The van der Waals surface area contributed by atoms with Crippen molar-refractivity contribution < 1.29 is 27.2 Å². The fraction of sp³-hybridized carbons (Fsp3) is 0.125. The second-order valence-corrected chi connectivity index (χ2v) is 3.08. The summed E-state index contributed by atoms with van der Waals surface area (Å²) in [7, 11) is 0. The molecular weight excluding hydrogens is 257 g/mol. The molecule has 0 spiro atoms. The summed E-state index contributed by atoms with van der Waals surface area (Å²) in [6, 6.07) is 0.250. The third-order valence-electron chi connectivity index (χ3n) is 1.68. The Morgan fingerprint density at radius 3 is 2.25 bits per heavy atom. The van der Waals surface area contributed by atoms with Gasteiger partial charge in [-0.15, -0.1) is 0 Å². The van der Waals surface area contributed by atoms with E-state index in [0.717, 1.165) is 0 Å². The van der Waals surface area contributed by atoms with Gasteiger partial charge in [-0.2, -0.15) is 13.2 Å². The number of benzene rings is 1. The molecule has 88 valence electrons. The largest absolute Gasteiger partial charge is 0.417 e. The van der Waals surface area contributed by atoms with E-state index in [1.54, 1.807) is 0 Å². The molecule has 0 bridgehead atoms. The fourth-order valence-electron chi connectivity index (χ4n) is 0.986. The van der Waals surface area contributed by atoms with Crippen LogP contribution < -0.4 is 0 Å². The Labute approximate surface area is 90.9 Å². The Morgan fingerprint density at radius 1 is 1.25 bits per heavy atom. The van der Waals surface area contributed by atoms with Gasteiger partial charge >= 0.3 is 6.18 Å². The van der Waals surface area contributed by atoms with E-state index in [2.05, 4.69) is 5.16 Å². The van der Waals surface area contributed by atoms with Crippen LogP contribution in [0.2, 0.25) is 5.02 Å². The van der Waals surface area contributed by atoms with E-state index in [9.17, 15) is 22.0 Å². The molecule has 1 aromatic rings. The number of hydrogen-bond acceptors (Lipinski definition) is 2. The third-order valence-corrected chi connectivity index (χ3v) is 2.05. The number of alkyl halides is 3. The zero-order valence-electron chi connectivity index (χ0n) is 7.32. The minimum absolute atomic E-state index is 0.250. The van der Waals surface area contributed by atoms with Gasteiger partial charge in [0.1, 0.15) is 0 Å². The summed E-state index contributed by atoms with van der Waals surface area (Å²) in [5.41, 5.74) is -2.39. The molecule has 0 saturated carbocycles. The molecular formula is C8H3ClF5NO. The average Bonchev–Trinajstić information content (AvgIpc) is 2.17. The van der Waals surface area contributed by atoms with Crippen molar-refractivity contribution in [1.82, 2.24) is 0 Å². The topological polar surface area (TPSA) is 32.6 Å². The molecule has 0 heterocycles. The Hall–Kier alpha value is -1.37. The van der Waals surface area contributed by atoms with E-state index >= 15 is 0 Å². The summed E-state index contributed by atoms with van der Waals surface area (Å²) in [6.45, 7) is 0. The number of hydrogen-bond donors (Lipinski definition) is 1. The predicted molar refractivity (Wildman–Crippen MR) is 45.8 cm³/mol. The second kappa shape index (κ2) is 4.25. The van der Waals surface area contributed by atoms with Gasteiger partial charge in [0.15, 0.2) is 11.6 Å². The van der Waals surface area contributed by atoms with Crippen molar-refractivity contribution in [3.8, 4) is 0 Å². The molecule has 16 heavy (non-hydrogen) atoms. The molecule has 0 amide bonds. The van der Waals surface area contributed by atoms with Crippen LogP contribution in [0.3, 0.4) is 0 Å².